The number of hydrogen-bond donors (Lipinski definition) is 1. The van der Waals surface area contributed by atoms with Gasteiger partial charge in [0.15, 0.2) is 0 Å². The molecule has 0 aliphatic carbocycles. The number of fused-ring (bicyclic) bond motifs is 1. The first kappa shape index (κ1) is 10.2. The van der Waals surface area contributed by atoms with E-state index in [0.717, 1.165) is 18.1 Å². The summed E-state index contributed by atoms with van der Waals surface area (Å²) in [5.74, 6) is 1.54. The van der Waals surface area contributed by atoms with Gasteiger partial charge in [-0.05, 0) is 18.4 Å². The fraction of sp³-hybridized carbons (Fsp3) is 0.182. The standard InChI is InChI=1S/C11H11N5S/c1-8-5-10(12-6-9-3-2-4-17-9)16-11(15-8)13-7-14-16/h2-5,7,12H,6H2,1H3. The number of anilines is 1. The quantitative estimate of drug-likeness (QED) is 0.767. The molecule has 6 heteroatoms. The van der Waals surface area contributed by atoms with Crippen LogP contribution in [0.3, 0.4) is 0 Å². The van der Waals surface area contributed by atoms with Gasteiger partial charge >= 0.3 is 0 Å². The molecule has 86 valence electrons. The first-order valence-electron chi connectivity index (χ1n) is 5.26. The minimum atomic E-state index is 0.624. The van der Waals surface area contributed by atoms with E-state index in [2.05, 4.69) is 31.8 Å². The molecule has 0 saturated carbocycles. The number of aryl methyl sites for hydroxylation is 1. The van der Waals surface area contributed by atoms with Gasteiger partial charge in [0.1, 0.15) is 12.1 Å². The highest BCUT2D eigenvalue weighted by molar-refractivity contribution is 7.09. The zero-order chi connectivity index (χ0) is 11.7. The molecule has 0 atom stereocenters. The van der Waals surface area contributed by atoms with Crippen LogP contribution in [0.1, 0.15) is 10.6 Å². The maximum atomic E-state index is 4.29. The van der Waals surface area contributed by atoms with E-state index < -0.39 is 0 Å². The highest BCUT2D eigenvalue weighted by Gasteiger charge is 2.05. The molecular formula is C11H11N5S. The second-order valence-electron chi connectivity index (χ2n) is 3.69. The Morgan fingerprint density at radius 2 is 2.41 bits per heavy atom. The topological polar surface area (TPSA) is 55.1 Å². The van der Waals surface area contributed by atoms with E-state index in [1.165, 1.54) is 11.2 Å². The lowest BCUT2D eigenvalue weighted by atomic mass is 10.4. The summed E-state index contributed by atoms with van der Waals surface area (Å²) in [5.41, 5.74) is 0.930. The van der Waals surface area contributed by atoms with Crippen LogP contribution in [-0.2, 0) is 6.54 Å². The normalized spacial score (nSPS) is 10.9. The minimum Gasteiger partial charge on any atom is -0.365 e. The van der Waals surface area contributed by atoms with Crippen LogP contribution in [0, 0.1) is 6.92 Å². The number of nitrogens with zero attached hydrogens (tertiary/aromatic N) is 4. The fourth-order valence-corrected chi connectivity index (χ4v) is 2.29. The van der Waals surface area contributed by atoms with Crippen molar-refractivity contribution in [1.82, 2.24) is 19.6 Å². The number of rotatable bonds is 3. The molecule has 0 amide bonds. The average molecular weight is 245 g/mol. The second-order valence-corrected chi connectivity index (χ2v) is 4.72. The van der Waals surface area contributed by atoms with Crippen LogP contribution in [0.2, 0.25) is 0 Å². The molecular weight excluding hydrogens is 234 g/mol. The molecule has 3 heterocycles. The SMILES string of the molecule is Cc1cc(NCc2cccs2)n2ncnc2n1. The van der Waals surface area contributed by atoms with Gasteiger partial charge in [0.05, 0.1) is 6.54 Å². The van der Waals surface area contributed by atoms with Crippen molar-refractivity contribution < 1.29 is 0 Å². The van der Waals surface area contributed by atoms with Crippen molar-refractivity contribution in [3.05, 3.63) is 40.5 Å². The Hall–Kier alpha value is -1.95. The number of nitrogens with one attached hydrogen (secondary N) is 1. The maximum Gasteiger partial charge on any atom is 0.254 e. The highest BCUT2D eigenvalue weighted by Crippen LogP contribution is 2.14. The monoisotopic (exact) mass is 245 g/mol. The van der Waals surface area contributed by atoms with Crippen molar-refractivity contribution in [2.45, 2.75) is 13.5 Å². The molecule has 0 saturated heterocycles. The summed E-state index contributed by atoms with van der Waals surface area (Å²) in [4.78, 5) is 9.67. The number of thiophene rings is 1. The lowest BCUT2D eigenvalue weighted by molar-refractivity contribution is 0.919. The van der Waals surface area contributed by atoms with Crippen LogP contribution in [0.15, 0.2) is 29.9 Å². The Labute approximate surface area is 102 Å². The summed E-state index contributed by atoms with van der Waals surface area (Å²) >= 11 is 1.73. The fourth-order valence-electron chi connectivity index (χ4n) is 1.65. The van der Waals surface area contributed by atoms with E-state index in [1.54, 1.807) is 15.9 Å². The predicted octanol–water partition coefficient (Wildman–Crippen LogP) is 2.11. The Morgan fingerprint density at radius 1 is 1.47 bits per heavy atom. The van der Waals surface area contributed by atoms with Crippen LogP contribution in [0.5, 0.6) is 0 Å². The van der Waals surface area contributed by atoms with Gasteiger partial charge in [0, 0.05) is 16.6 Å². The highest BCUT2D eigenvalue weighted by atomic mass is 32.1. The van der Waals surface area contributed by atoms with Gasteiger partial charge in [-0.3, -0.25) is 0 Å². The summed E-state index contributed by atoms with van der Waals surface area (Å²) in [5, 5.41) is 9.56. The Morgan fingerprint density at radius 3 is 3.24 bits per heavy atom. The van der Waals surface area contributed by atoms with Gasteiger partial charge in [0.25, 0.3) is 5.78 Å². The van der Waals surface area contributed by atoms with E-state index in [4.69, 9.17) is 0 Å². The van der Waals surface area contributed by atoms with Crippen molar-refractivity contribution in [2.75, 3.05) is 5.32 Å². The van der Waals surface area contributed by atoms with Gasteiger partial charge in [-0.1, -0.05) is 6.07 Å². The molecule has 0 aliphatic heterocycles. The molecule has 0 radical (unpaired) electrons. The molecule has 0 aliphatic rings. The molecule has 0 unspecified atom stereocenters. The number of aromatic nitrogens is 4. The van der Waals surface area contributed by atoms with Gasteiger partial charge < -0.3 is 5.32 Å². The molecule has 5 nitrogen and oxygen atoms in total. The molecule has 1 N–H and O–H groups in total. The summed E-state index contributed by atoms with van der Waals surface area (Å²) in [7, 11) is 0. The third-order valence-electron chi connectivity index (χ3n) is 2.40. The van der Waals surface area contributed by atoms with Crippen LogP contribution >= 0.6 is 11.3 Å². The van der Waals surface area contributed by atoms with E-state index in [0.29, 0.717) is 5.78 Å². The van der Waals surface area contributed by atoms with Crippen LogP contribution in [-0.4, -0.2) is 19.6 Å². The Balaban J connectivity index is 1.91. The third-order valence-corrected chi connectivity index (χ3v) is 3.28. The van der Waals surface area contributed by atoms with Gasteiger partial charge in [-0.15, -0.1) is 11.3 Å². The van der Waals surface area contributed by atoms with E-state index in [1.807, 2.05) is 19.1 Å². The first-order chi connectivity index (χ1) is 8.33. The largest absolute Gasteiger partial charge is 0.365 e. The lowest BCUT2D eigenvalue weighted by Crippen LogP contribution is -2.06. The van der Waals surface area contributed by atoms with Gasteiger partial charge in [0.2, 0.25) is 0 Å². The maximum absolute atomic E-state index is 4.29. The Bertz CT molecular complexity index is 628. The van der Waals surface area contributed by atoms with Crippen molar-refractivity contribution in [2.24, 2.45) is 0 Å². The Kier molecular flexibility index (Phi) is 2.49. The summed E-state index contributed by atoms with van der Waals surface area (Å²) in [6.07, 6.45) is 1.51. The molecule has 17 heavy (non-hydrogen) atoms. The minimum absolute atomic E-state index is 0.624. The van der Waals surface area contributed by atoms with Crippen LogP contribution < -0.4 is 5.32 Å². The van der Waals surface area contributed by atoms with Crippen molar-refractivity contribution >= 4 is 22.9 Å². The van der Waals surface area contributed by atoms with Crippen LogP contribution in [0.25, 0.3) is 5.78 Å². The molecule has 3 aromatic rings. The van der Waals surface area contributed by atoms with Gasteiger partial charge in [-0.2, -0.15) is 14.6 Å². The summed E-state index contributed by atoms with van der Waals surface area (Å²) in [6.45, 7) is 2.74. The van der Waals surface area contributed by atoms with Crippen molar-refractivity contribution in [1.29, 1.82) is 0 Å². The molecule has 3 aromatic heterocycles. The predicted molar refractivity (Wildman–Crippen MR) is 67.2 cm³/mol. The average Bonchev–Trinajstić information content (AvgIpc) is 2.95. The summed E-state index contributed by atoms with van der Waals surface area (Å²) < 4.78 is 1.71. The first-order valence-corrected chi connectivity index (χ1v) is 6.14. The molecule has 0 bridgehead atoms. The zero-order valence-electron chi connectivity index (χ0n) is 9.29. The van der Waals surface area contributed by atoms with Crippen molar-refractivity contribution in [3.63, 3.8) is 0 Å². The lowest BCUT2D eigenvalue weighted by Gasteiger charge is -2.07. The number of hydrogen-bond acceptors (Lipinski definition) is 5. The molecule has 0 fully saturated rings. The zero-order valence-corrected chi connectivity index (χ0v) is 10.1. The van der Waals surface area contributed by atoms with E-state index >= 15 is 0 Å². The van der Waals surface area contributed by atoms with Crippen LogP contribution in [0.4, 0.5) is 5.82 Å². The molecule has 0 aromatic carbocycles. The second kappa shape index (κ2) is 4.14. The molecule has 0 spiro atoms. The van der Waals surface area contributed by atoms with Crippen molar-refractivity contribution in [3.8, 4) is 0 Å². The van der Waals surface area contributed by atoms with E-state index in [9.17, 15) is 0 Å². The third kappa shape index (κ3) is 1.99. The molecule has 3 rings (SSSR count). The summed E-state index contributed by atoms with van der Waals surface area (Å²) in [6, 6.07) is 6.12. The smallest absolute Gasteiger partial charge is 0.254 e. The van der Waals surface area contributed by atoms with Gasteiger partial charge in [-0.25, -0.2) is 4.98 Å². The van der Waals surface area contributed by atoms with E-state index in [-0.39, 0.29) is 0 Å².